The molecule has 0 radical (unpaired) electrons. The van der Waals surface area contributed by atoms with Gasteiger partial charge in [0.1, 0.15) is 6.61 Å². The molecule has 216 valence electrons. The van der Waals surface area contributed by atoms with Crippen molar-refractivity contribution in [3.63, 3.8) is 0 Å². The van der Waals surface area contributed by atoms with Gasteiger partial charge in [0.2, 0.25) is 24.3 Å². The fraction of sp³-hybridized carbons (Fsp3) is 0.231. The zero-order valence-electron chi connectivity index (χ0n) is 21.4. The first kappa shape index (κ1) is 33.9. The van der Waals surface area contributed by atoms with E-state index in [-0.39, 0.29) is 53.7 Å². The molecule has 0 aliphatic carbocycles. The molecule has 0 spiro atoms. The Kier molecular flexibility index (Phi) is 14.7. The van der Waals surface area contributed by atoms with Crippen molar-refractivity contribution in [2.75, 3.05) is 19.7 Å². The molecule has 2 aromatic carbocycles. The number of nitrogens with zero attached hydrogens (tertiary/aromatic N) is 4. The highest BCUT2D eigenvalue weighted by Crippen LogP contribution is 2.22. The maximum Gasteiger partial charge on any atom is 0.339 e. The van der Waals surface area contributed by atoms with Gasteiger partial charge in [-0.2, -0.15) is 9.98 Å². The van der Waals surface area contributed by atoms with Crippen LogP contribution in [0.1, 0.15) is 52.6 Å². The van der Waals surface area contributed by atoms with Gasteiger partial charge in [-0.25, -0.2) is 48.3 Å². The number of carboxylic acids is 3. The number of hydrogen-bond acceptors (Lipinski definition) is 13. The van der Waals surface area contributed by atoms with E-state index in [1.165, 1.54) is 48.6 Å². The van der Waals surface area contributed by atoms with Crippen molar-refractivity contribution in [1.29, 1.82) is 0 Å². The Balaban J connectivity index is 0.000000422. The fourth-order valence-corrected chi connectivity index (χ4v) is 3.37. The third-order valence-corrected chi connectivity index (χ3v) is 5.09. The van der Waals surface area contributed by atoms with E-state index < -0.39 is 36.6 Å². The molecule has 2 rings (SSSR count). The van der Waals surface area contributed by atoms with Crippen molar-refractivity contribution in [2.24, 2.45) is 20.0 Å². The summed E-state index contributed by atoms with van der Waals surface area (Å²) in [6.07, 6.45) is 4.10. The van der Waals surface area contributed by atoms with E-state index in [0.717, 1.165) is 12.2 Å². The summed E-state index contributed by atoms with van der Waals surface area (Å²) in [6, 6.07) is 8.09. The molecular weight excluding hydrogens is 560 g/mol. The summed E-state index contributed by atoms with van der Waals surface area (Å²) in [6.45, 7) is -0.424. The second kappa shape index (κ2) is 18.2. The van der Waals surface area contributed by atoms with E-state index in [0.29, 0.717) is 5.56 Å². The van der Waals surface area contributed by atoms with Gasteiger partial charge >= 0.3 is 23.9 Å². The molecule has 0 fully saturated rings. The number of isocyanates is 4. The standard InChI is InChI=1S/C14H12N2O6.C12H8N2O6/c17-7-15-5-3-9-1-2-11(13(19)20)12(14(21)22)10(9)4-6-16-8-18;15-6-13-10(14-7-16)5-20-12(19)9-4-2-1-3-8(9)11(17)18/h1-2H,3-6H2,(H,19,20)(H,21,22);1-4,10H,5H2,(H,17,18). The number of aromatic carboxylic acids is 3. The number of aliphatic imine (C=N–C) groups is 4. The van der Waals surface area contributed by atoms with E-state index in [4.69, 9.17) is 14.9 Å². The highest BCUT2D eigenvalue weighted by Gasteiger charge is 2.22. The zero-order valence-corrected chi connectivity index (χ0v) is 21.4. The third kappa shape index (κ3) is 10.5. The Morgan fingerprint density at radius 1 is 0.690 bits per heavy atom. The van der Waals surface area contributed by atoms with Gasteiger partial charge in [0.05, 0.1) is 35.3 Å². The molecule has 0 saturated heterocycles. The molecule has 16 heteroatoms. The van der Waals surface area contributed by atoms with E-state index in [1.807, 2.05) is 0 Å². The summed E-state index contributed by atoms with van der Waals surface area (Å²) < 4.78 is 4.74. The molecule has 3 N–H and O–H groups in total. The largest absolute Gasteiger partial charge is 0.478 e. The van der Waals surface area contributed by atoms with Crippen LogP contribution in [0.2, 0.25) is 0 Å². The quantitative estimate of drug-likeness (QED) is 0.163. The number of benzene rings is 2. The topological polar surface area (TPSA) is 256 Å². The average Bonchev–Trinajstić information content (AvgIpc) is 2.96. The number of rotatable bonds is 14. The maximum absolute atomic E-state index is 11.7. The van der Waals surface area contributed by atoms with Crippen molar-refractivity contribution < 1.29 is 58.4 Å². The Morgan fingerprint density at radius 2 is 1.24 bits per heavy atom. The van der Waals surface area contributed by atoms with Gasteiger partial charge in [-0.15, -0.1) is 0 Å². The molecule has 0 aliphatic rings. The lowest BCUT2D eigenvalue weighted by atomic mass is 9.92. The zero-order chi connectivity index (χ0) is 31.5. The maximum atomic E-state index is 11.7. The van der Waals surface area contributed by atoms with Crippen molar-refractivity contribution in [3.8, 4) is 0 Å². The Bertz CT molecular complexity index is 1510. The van der Waals surface area contributed by atoms with Crippen LogP contribution in [-0.2, 0) is 36.8 Å². The second-order valence-corrected chi connectivity index (χ2v) is 7.55. The number of ether oxygens (including phenoxy) is 1. The minimum absolute atomic E-state index is 0.0171. The van der Waals surface area contributed by atoms with Crippen LogP contribution in [0.4, 0.5) is 0 Å². The number of hydrogen-bond donors (Lipinski definition) is 3. The number of carbonyl (C=O) groups excluding carboxylic acids is 5. The van der Waals surface area contributed by atoms with Crippen LogP contribution in [0.3, 0.4) is 0 Å². The van der Waals surface area contributed by atoms with Crippen LogP contribution >= 0.6 is 0 Å². The molecule has 42 heavy (non-hydrogen) atoms. The van der Waals surface area contributed by atoms with Gasteiger partial charge in [0.15, 0.2) is 6.17 Å². The van der Waals surface area contributed by atoms with Crippen LogP contribution < -0.4 is 0 Å². The summed E-state index contributed by atoms with van der Waals surface area (Å²) in [7, 11) is 0. The summed E-state index contributed by atoms with van der Waals surface area (Å²) >= 11 is 0. The van der Waals surface area contributed by atoms with E-state index in [2.05, 4.69) is 20.0 Å². The molecule has 0 atom stereocenters. The number of carboxylic acid groups (broad SMARTS) is 3. The summed E-state index contributed by atoms with van der Waals surface area (Å²) in [5.74, 6) is -4.97. The lowest BCUT2D eigenvalue weighted by molar-refractivity contribution is 0.0475. The summed E-state index contributed by atoms with van der Waals surface area (Å²) in [5.41, 5.74) is -0.299. The van der Waals surface area contributed by atoms with Crippen LogP contribution in [0.5, 0.6) is 0 Å². The fourth-order valence-electron chi connectivity index (χ4n) is 3.37. The summed E-state index contributed by atoms with van der Waals surface area (Å²) in [5, 5.41) is 27.3. The second-order valence-electron chi connectivity index (χ2n) is 7.55. The van der Waals surface area contributed by atoms with Crippen molar-refractivity contribution in [3.05, 3.63) is 69.8 Å². The van der Waals surface area contributed by atoms with Gasteiger partial charge in [-0.1, -0.05) is 18.2 Å². The van der Waals surface area contributed by atoms with Crippen LogP contribution in [0, 0.1) is 0 Å². The first-order valence-corrected chi connectivity index (χ1v) is 11.4. The van der Waals surface area contributed by atoms with Crippen LogP contribution in [0.15, 0.2) is 56.4 Å². The number of carbonyl (C=O) groups is 4. The molecule has 0 bridgehead atoms. The minimum atomic E-state index is -1.39. The lowest BCUT2D eigenvalue weighted by Crippen LogP contribution is -2.17. The Labute approximate surface area is 235 Å². The number of esters is 1. The monoisotopic (exact) mass is 580 g/mol. The van der Waals surface area contributed by atoms with Crippen LogP contribution in [-0.4, -0.2) is 89.4 Å². The minimum Gasteiger partial charge on any atom is -0.478 e. The van der Waals surface area contributed by atoms with E-state index >= 15 is 0 Å². The predicted molar refractivity (Wildman–Crippen MR) is 137 cm³/mol. The molecule has 0 aliphatic heterocycles. The predicted octanol–water partition coefficient (Wildman–Crippen LogP) is 1.38. The SMILES string of the molecule is O=C=NC(COC(=O)c1ccccc1C(=O)O)N=C=O.O=C=NCCc1ccc(C(=O)O)c(C(=O)O)c1CCN=C=O. The van der Waals surface area contributed by atoms with Crippen molar-refractivity contribution >= 4 is 48.2 Å². The van der Waals surface area contributed by atoms with E-state index in [9.17, 15) is 43.5 Å². The third-order valence-electron chi connectivity index (χ3n) is 5.09. The van der Waals surface area contributed by atoms with Gasteiger partial charge in [0, 0.05) is 0 Å². The van der Waals surface area contributed by atoms with Gasteiger partial charge in [-0.05, 0) is 42.2 Å². The smallest absolute Gasteiger partial charge is 0.339 e. The normalized spacial score (nSPS) is 10.0. The van der Waals surface area contributed by atoms with Crippen molar-refractivity contribution in [1.82, 2.24) is 0 Å². The molecule has 0 heterocycles. The Morgan fingerprint density at radius 3 is 1.74 bits per heavy atom. The van der Waals surface area contributed by atoms with Crippen molar-refractivity contribution in [2.45, 2.75) is 19.0 Å². The lowest BCUT2D eigenvalue weighted by Gasteiger charge is -2.13. The summed E-state index contributed by atoms with van der Waals surface area (Å²) in [4.78, 5) is 98.5. The van der Waals surface area contributed by atoms with Gasteiger partial charge in [-0.3, -0.25) is 0 Å². The molecule has 16 nitrogen and oxygen atoms in total. The van der Waals surface area contributed by atoms with Gasteiger partial charge in [0.25, 0.3) is 0 Å². The molecular formula is C26H20N4O12. The van der Waals surface area contributed by atoms with Crippen LogP contribution in [0.25, 0.3) is 0 Å². The molecule has 0 saturated carbocycles. The van der Waals surface area contributed by atoms with E-state index in [1.54, 1.807) is 0 Å². The highest BCUT2D eigenvalue weighted by molar-refractivity contribution is 6.03. The first-order valence-electron chi connectivity index (χ1n) is 11.4. The van der Waals surface area contributed by atoms with Gasteiger partial charge < -0.3 is 20.1 Å². The Hall–Kier alpha value is -6.16. The molecule has 0 unspecified atom stereocenters. The average molecular weight is 580 g/mol. The first-order chi connectivity index (χ1) is 20.1. The molecule has 2 aromatic rings. The molecule has 0 amide bonds. The molecule has 0 aromatic heterocycles. The highest BCUT2D eigenvalue weighted by atomic mass is 16.5.